The normalized spacial score (nSPS) is 14.6. The molecule has 2 amide bonds. The first-order valence-corrected chi connectivity index (χ1v) is 9.02. The molecular formula is C20H19NO3S. The number of hydrogen-bond acceptors (Lipinski definition) is 4. The lowest BCUT2D eigenvalue weighted by Crippen LogP contribution is -2.31. The average Bonchev–Trinajstić information content (AvgIpc) is 2.83. The second kappa shape index (κ2) is 7.25. The van der Waals surface area contributed by atoms with E-state index in [2.05, 4.69) is 0 Å². The van der Waals surface area contributed by atoms with Crippen LogP contribution in [0.2, 0.25) is 0 Å². The van der Waals surface area contributed by atoms with Crippen LogP contribution in [-0.4, -0.2) is 29.3 Å². The molecule has 0 radical (unpaired) electrons. The van der Waals surface area contributed by atoms with E-state index < -0.39 is 0 Å². The molecule has 5 heteroatoms. The number of carbonyl (C=O) groups is 2. The van der Waals surface area contributed by atoms with Crippen LogP contribution >= 0.6 is 11.8 Å². The van der Waals surface area contributed by atoms with Crippen LogP contribution < -0.4 is 4.90 Å². The van der Waals surface area contributed by atoms with Gasteiger partial charge in [0, 0.05) is 5.75 Å². The number of thioether (sulfide) groups is 1. The molecule has 2 aromatic rings. The molecule has 25 heavy (non-hydrogen) atoms. The van der Waals surface area contributed by atoms with E-state index in [9.17, 15) is 9.59 Å². The zero-order valence-corrected chi connectivity index (χ0v) is 15.0. The molecule has 1 N–H and O–H groups in total. The van der Waals surface area contributed by atoms with E-state index in [-0.39, 0.29) is 18.4 Å². The number of anilines is 1. The molecule has 0 aromatic heterocycles. The smallest absolute Gasteiger partial charge is 0.272 e. The quantitative estimate of drug-likeness (QED) is 0.838. The minimum Gasteiger partial charge on any atom is -0.396 e. The SMILES string of the molecule is Cc1cc(C)cc(N2C(=O)C(SCCO)=C(c3ccccc3)C2=O)c1. The number of aliphatic hydroxyl groups excluding tert-OH is 1. The summed E-state index contributed by atoms with van der Waals surface area (Å²) in [5, 5.41) is 9.14. The van der Waals surface area contributed by atoms with Crippen molar-refractivity contribution in [2.24, 2.45) is 0 Å². The van der Waals surface area contributed by atoms with Gasteiger partial charge in [-0.3, -0.25) is 9.59 Å². The summed E-state index contributed by atoms with van der Waals surface area (Å²) < 4.78 is 0. The molecule has 1 aliphatic heterocycles. The summed E-state index contributed by atoms with van der Waals surface area (Å²) in [6.45, 7) is 3.82. The largest absolute Gasteiger partial charge is 0.396 e. The van der Waals surface area contributed by atoms with E-state index in [0.717, 1.165) is 11.1 Å². The summed E-state index contributed by atoms with van der Waals surface area (Å²) in [5.74, 6) is -0.278. The lowest BCUT2D eigenvalue weighted by Gasteiger charge is -2.16. The molecule has 0 unspecified atom stereocenters. The third-order valence-corrected chi connectivity index (χ3v) is 4.96. The van der Waals surface area contributed by atoms with Crippen molar-refractivity contribution in [3.05, 3.63) is 70.1 Å². The van der Waals surface area contributed by atoms with Crippen molar-refractivity contribution in [3.8, 4) is 0 Å². The van der Waals surface area contributed by atoms with E-state index >= 15 is 0 Å². The van der Waals surface area contributed by atoms with Crippen molar-refractivity contribution >= 4 is 34.8 Å². The first-order chi connectivity index (χ1) is 12.0. The Morgan fingerprint density at radius 2 is 1.60 bits per heavy atom. The van der Waals surface area contributed by atoms with Gasteiger partial charge in [0.05, 0.1) is 22.8 Å². The van der Waals surface area contributed by atoms with Crippen LogP contribution in [0.1, 0.15) is 16.7 Å². The molecular weight excluding hydrogens is 334 g/mol. The number of hydrogen-bond donors (Lipinski definition) is 1. The molecule has 0 bridgehead atoms. The van der Waals surface area contributed by atoms with Crippen LogP contribution in [0.15, 0.2) is 53.4 Å². The first kappa shape index (κ1) is 17.5. The number of nitrogens with zero attached hydrogens (tertiary/aromatic N) is 1. The molecule has 3 rings (SSSR count). The second-order valence-corrected chi connectivity index (χ2v) is 7.04. The maximum absolute atomic E-state index is 13.1. The van der Waals surface area contributed by atoms with Crippen molar-refractivity contribution < 1.29 is 14.7 Å². The standard InChI is InChI=1S/C20H19NO3S/c1-13-10-14(2)12-16(11-13)21-19(23)17(15-6-4-3-5-7-15)18(20(21)24)25-9-8-22/h3-7,10-12,22H,8-9H2,1-2H3. The highest BCUT2D eigenvalue weighted by atomic mass is 32.2. The van der Waals surface area contributed by atoms with E-state index in [1.54, 1.807) is 0 Å². The van der Waals surface area contributed by atoms with Crippen molar-refractivity contribution in [1.82, 2.24) is 0 Å². The second-order valence-electron chi connectivity index (χ2n) is 5.93. The predicted octanol–water partition coefficient (Wildman–Crippen LogP) is 3.31. The van der Waals surface area contributed by atoms with Crippen LogP contribution in [0.4, 0.5) is 5.69 Å². The molecule has 1 aliphatic rings. The lowest BCUT2D eigenvalue weighted by atomic mass is 10.1. The number of benzene rings is 2. The van der Waals surface area contributed by atoms with Gasteiger partial charge in [-0.05, 0) is 42.7 Å². The van der Waals surface area contributed by atoms with E-state index in [1.165, 1.54) is 16.7 Å². The number of rotatable bonds is 5. The van der Waals surface area contributed by atoms with Gasteiger partial charge >= 0.3 is 0 Å². The Morgan fingerprint density at radius 1 is 0.960 bits per heavy atom. The van der Waals surface area contributed by atoms with Crippen molar-refractivity contribution in [2.75, 3.05) is 17.3 Å². The highest BCUT2D eigenvalue weighted by molar-refractivity contribution is 8.04. The Morgan fingerprint density at radius 3 is 2.20 bits per heavy atom. The van der Waals surface area contributed by atoms with Gasteiger partial charge in [0.15, 0.2) is 0 Å². The molecule has 0 saturated carbocycles. The molecule has 0 aliphatic carbocycles. The van der Waals surface area contributed by atoms with Crippen LogP contribution in [0.3, 0.4) is 0 Å². The van der Waals surface area contributed by atoms with Gasteiger partial charge in [0.1, 0.15) is 0 Å². The number of amides is 2. The number of aryl methyl sites for hydroxylation is 2. The number of carbonyl (C=O) groups excluding carboxylic acids is 2. The fraction of sp³-hybridized carbons (Fsp3) is 0.200. The molecule has 0 fully saturated rings. The summed E-state index contributed by atoms with van der Waals surface area (Å²) >= 11 is 1.22. The van der Waals surface area contributed by atoms with Crippen molar-refractivity contribution in [1.29, 1.82) is 0 Å². The van der Waals surface area contributed by atoms with Crippen LogP contribution in [-0.2, 0) is 9.59 Å². The van der Waals surface area contributed by atoms with Crippen molar-refractivity contribution in [3.63, 3.8) is 0 Å². The summed E-state index contributed by atoms with van der Waals surface area (Å²) in [7, 11) is 0. The monoisotopic (exact) mass is 353 g/mol. The fourth-order valence-electron chi connectivity index (χ4n) is 2.96. The third kappa shape index (κ3) is 3.38. The molecule has 1 heterocycles. The maximum Gasteiger partial charge on any atom is 0.272 e. The van der Waals surface area contributed by atoms with Crippen LogP contribution in [0.25, 0.3) is 5.57 Å². The zero-order chi connectivity index (χ0) is 18.0. The predicted molar refractivity (Wildman–Crippen MR) is 101 cm³/mol. The first-order valence-electron chi connectivity index (χ1n) is 8.03. The summed E-state index contributed by atoms with van der Waals surface area (Å²) in [4.78, 5) is 27.7. The van der Waals surface area contributed by atoms with Gasteiger partial charge in [-0.25, -0.2) is 4.90 Å². The van der Waals surface area contributed by atoms with E-state index in [4.69, 9.17) is 5.11 Å². The lowest BCUT2D eigenvalue weighted by molar-refractivity contribution is -0.119. The third-order valence-electron chi connectivity index (χ3n) is 3.91. The minimum absolute atomic E-state index is 0.0543. The minimum atomic E-state index is -0.327. The van der Waals surface area contributed by atoms with Crippen LogP contribution in [0.5, 0.6) is 0 Å². The van der Waals surface area contributed by atoms with Gasteiger partial charge in [0.25, 0.3) is 11.8 Å². The van der Waals surface area contributed by atoms with Gasteiger partial charge in [0.2, 0.25) is 0 Å². The molecule has 2 aromatic carbocycles. The van der Waals surface area contributed by atoms with E-state index in [0.29, 0.717) is 27.5 Å². The summed E-state index contributed by atoms with van der Waals surface area (Å²) in [6, 6.07) is 14.9. The highest BCUT2D eigenvalue weighted by Gasteiger charge is 2.40. The van der Waals surface area contributed by atoms with Gasteiger partial charge in [-0.2, -0.15) is 0 Å². The number of aliphatic hydroxyl groups is 1. The number of imide groups is 1. The average molecular weight is 353 g/mol. The molecule has 128 valence electrons. The Labute approximate surface area is 151 Å². The van der Waals surface area contributed by atoms with Gasteiger partial charge < -0.3 is 5.11 Å². The van der Waals surface area contributed by atoms with Crippen LogP contribution in [0, 0.1) is 13.8 Å². The molecule has 4 nitrogen and oxygen atoms in total. The topological polar surface area (TPSA) is 57.6 Å². The molecule has 0 atom stereocenters. The maximum atomic E-state index is 13.1. The molecule has 0 saturated heterocycles. The zero-order valence-electron chi connectivity index (χ0n) is 14.2. The fourth-order valence-corrected chi connectivity index (χ4v) is 3.82. The Balaban J connectivity index is 2.09. The Bertz CT molecular complexity index is 838. The van der Waals surface area contributed by atoms with Crippen molar-refractivity contribution in [2.45, 2.75) is 13.8 Å². The Kier molecular flexibility index (Phi) is 5.06. The van der Waals surface area contributed by atoms with E-state index in [1.807, 2.05) is 62.4 Å². The highest BCUT2D eigenvalue weighted by Crippen LogP contribution is 2.38. The van der Waals surface area contributed by atoms with Gasteiger partial charge in [-0.15, -0.1) is 11.8 Å². The molecule has 0 spiro atoms. The summed E-state index contributed by atoms with van der Waals surface area (Å²) in [6.07, 6.45) is 0. The Hall–Kier alpha value is -2.37. The summed E-state index contributed by atoms with van der Waals surface area (Å²) in [5.41, 5.74) is 3.69. The van der Waals surface area contributed by atoms with Gasteiger partial charge in [-0.1, -0.05) is 36.4 Å².